The van der Waals surface area contributed by atoms with Crippen molar-refractivity contribution in [3.63, 3.8) is 0 Å². The molecule has 300 valence electrons. The van der Waals surface area contributed by atoms with Crippen LogP contribution in [0.4, 0.5) is 21.5 Å². The molecule has 0 saturated carbocycles. The molecule has 4 fully saturated rings. The molecular weight excluding hydrogens is 761 g/mol. The molecule has 58 heavy (non-hydrogen) atoms. The third-order valence-corrected chi connectivity index (χ3v) is 13.8. The molecule has 1 N–H and O–H groups in total. The van der Waals surface area contributed by atoms with Gasteiger partial charge in [0.1, 0.15) is 11.9 Å². The van der Waals surface area contributed by atoms with Crippen molar-refractivity contribution in [3.8, 4) is 0 Å². The average molecular weight is 806 g/mol. The number of imide groups is 2. The normalized spacial score (nSPS) is 23.4. The van der Waals surface area contributed by atoms with E-state index in [0.717, 1.165) is 85.7 Å². The first-order valence-corrected chi connectivity index (χ1v) is 20.7. The molecule has 0 bridgehead atoms. The molecule has 3 aromatic rings. The van der Waals surface area contributed by atoms with Gasteiger partial charge in [0.25, 0.3) is 17.7 Å². The van der Waals surface area contributed by atoms with Gasteiger partial charge in [-0.3, -0.25) is 39.1 Å². The Hall–Kier alpha value is -5.32. The maximum absolute atomic E-state index is 15.6. The standard InChI is InChI=1S/C44H45ClFN7O5/c1-26-21-44(25-52(26)31-4-6-37(47-2)35(45)19-31)11-15-50(16-12-44)30-3-5-32(36(46)20-30)41(56)51-13-9-27(10-14-51)22-49-23-28-17-33-34(18-29(28)24-49)43(58)53(42(33)57)38-7-8-39(54)48-40(38)55/h3-6,17-20,26-27,38H,7-16,21-25H2,1H3,(H,48,54,55)/t26-,38?/m0/s1. The van der Waals surface area contributed by atoms with Crippen LogP contribution < -0.4 is 15.1 Å². The Morgan fingerprint density at radius 1 is 0.914 bits per heavy atom. The number of carbonyl (C=O) groups is 5. The summed E-state index contributed by atoms with van der Waals surface area (Å²) in [6.07, 6.45) is 4.80. The van der Waals surface area contributed by atoms with E-state index in [9.17, 15) is 24.0 Å². The second kappa shape index (κ2) is 14.8. The van der Waals surface area contributed by atoms with E-state index in [4.69, 9.17) is 18.2 Å². The van der Waals surface area contributed by atoms with E-state index in [1.165, 1.54) is 6.07 Å². The minimum absolute atomic E-state index is 0.0774. The second-order valence-corrected chi connectivity index (χ2v) is 17.5. The lowest BCUT2D eigenvalue weighted by Gasteiger charge is -2.40. The number of nitrogens with zero attached hydrogens (tertiary/aromatic N) is 6. The molecule has 1 unspecified atom stereocenters. The van der Waals surface area contributed by atoms with Crippen LogP contribution in [0.5, 0.6) is 0 Å². The molecular formula is C44H45ClFN7O5. The van der Waals surface area contributed by atoms with Crippen molar-refractivity contribution in [3.05, 3.63) is 98.6 Å². The number of nitrogens with one attached hydrogen (secondary N) is 1. The molecule has 6 aliphatic heterocycles. The van der Waals surface area contributed by atoms with Crippen LogP contribution in [0.25, 0.3) is 4.85 Å². The number of anilines is 2. The fourth-order valence-electron chi connectivity index (χ4n) is 10.3. The number of piperidine rings is 3. The van der Waals surface area contributed by atoms with E-state index < -0.39 is 35.5 Å². The van der Waals surface area contributed by atoms with Gasteiger partial charge in [-0.1, -0.05) is 17.7 Å². The molecule has 0 aromatic heterocycles. The van der Waals surface area contributed by atoms with Gasteiger partial charge < -0.3 is 14.7 Å². The molecule has 4 saturated heterocycles. The summed E-state index contributed by atoms with van der Waals surface area (Å²) in [5, 5.41) is 2.71. The fraction of sp³-hybridized carbons (Fsp3) is 0.455. The monoisotopic (exact) mass is 805 g/mol. The maximum atomic E-state index is 15.6. The second-order valence-electron chi connectivity index (χ2n) is 17.1. The minimum atomic E-state index is -0.989. The van der Waals surface area contributed by atoms with E-state index in [1.54, 1.807) is 29.2 Å². The summed E-state index contributed by atoms with van der Waals surface area (Å²) in [6, 6.07) is 13.6. The first-order chi connectivity index (χ1) is 27.9. The van der Waals surface area contributed by atoms with Gasteiger partial charge in [0.05, 0.1) is 23.3 Å². The molecule has 5 amide bonds. The van der Waals surface area contributed by atoms with Gasteiger partial charge in [-0.25, -0.2) is 9.24 Å². The van der Waals surface area contributed by atoms with E-state index in [1.807, 2.05) is 18.2 Å². The van der Waals surface area contributed by atoms with Crippen LogP contribution in [0.2, 0.25) is 5.02 Å². The summed E-state index contributed by atoms with van der Waals surface area (Å²) in [7, 11) is 0. The van der Waals surface area contributed by atoms with Gasteiger partial charge in [0.15, 0.2) is 0 Å². The van der Waals surface area contributed by atoms with Crippen LogP contribution in [0.3, 0.4) is 0 Å². The SMILES string of the molecule is [C-]#[N+]c1ccc(N2CC3(CCN(c4ccc(C(=O)N5CCC(CN6Cc7cc8c(cc7C6)C(=O)N(C6CCC(=O)NC6=O)C8=O)CC5)c(F)c4)CC3)C[C@@H]2C)cc1Cl. The lowest BCUT2D eigenvalue weighted by atomic mass is 9.76. The number of carbonyl (C=O) groups excluding carboxylic acids is 5. The Balaban J connectivity index is 0.759. The zero-order chi connectivity index (χ0) is 40.5. The van der Waals surface area contributed by atoms with Crippen LogP contribution >= 0.6 is 11.6 Å². The summed E-state index contributed by atoms with van der Waals surface area (Å²) in [4.78, 5) is 77.4. The number of benzene rings is 3. The number of amides is 5. The van der Waals surface area contributed by atoms with E-state index in [-0.39, 0.29) is 29.7 Å². The first-order valence-electron chi connectivity index (χ1n) is 20.3. The molecule has 6 heterocycles. The van der Waals surface area contributed by atoms with Gasteiger partial charge in [-0.15, -0.1) is 0 Å². The Morgan fingerprint density at radius 3 is 2.21 bits per heavy atom. The zero-order valence-electron chi connectivity index (χ0n) is 32.4. The zero-order valence-corrected chi connectivity index (χ0v) is 33.2. The van der Waals surface area contributed by atoms with E-state index in [2.05, 4.69) is 31.8 Å². The van der Waals surface area contributed by atoms with Crippen LogP contribution in [-0.2, 0) is 22.7 Å². The predicted octanol–water partition coefficient (Wildman–Crippen LogP) is 6.18. The molecule has 6 aliphatic rings. The quantitative estimate of drug-likeness (QED) is 0.232. The van der Waals surface area contributed by atoms with Crippen molar-refractivity contribution in [2.75, 3.05) is 49.1 Å². The molecule has 14 heteroatoms. The molecule has 0 aliphatic carbocycles. The van der Waals surface area contributed by atoms with Gasteiger partial charge in [0.2, 0.25) is 17.5 Å². The number of hydrogen-bond donors (Lipinski definition) is 1. The van der Waals surface area contributed by atoms with Crippen molar-refractivity contribution in [1.82, 2.24) is 20.0 Å². The third-order valence-electron chi connectivity index (χ3n) is 13.5. The van der Waals surface area contributed by atoms with Crippen LogP contribution in [0.1, 0.15) is 94.1 Å². The smallest absolute Gasteiger partial charge is 0.262 e. The van der Waals surface area contributed by atoms with Crippen LogP contribution in [0, 0.1) is 23.7 Å². The lowest BCUT2D eigenvalue weighted by Crippen LogP contribution is -2.54. The van der Waals surface area contributed by atoms with Gasteiger partial charge in [-0.2, -0.15) is 0 Å². The molecule has 2 atom stereocenters. The number of hydrogen-bond acceptors (Lipinski definition) is 8. The Labute approximate surface area is 341 Å². The van der Waals surface area contributed by atoms with Crippen LogP contribution in [0.15, 0.2) is 48.5 Å². The van der Waals surface area contributed by atoms with Crippen molar-refractivity contribution in [1.29, 1.82) is 0 Å². The third kappa shape index (κ3) is 6.79. The van der Waals surface area contributed by atoms with Crippen LogP contribution in [-0.4, -0.2) is 95.6 Å². The summed E-state index contributed by atoms with van der Waals surface area (Å²) >= 11 is 6.37. The molecule has 0 radical (unpaired) electrons. The van der Waals surface area contributed by atoms with E-state index >= 15 is 4.39 Å². The summed E-state index contributed by atoms with van der Waals surface area (Å²) in [5.74, 6) is -2.47. The molecule has 9 rings (SSSR count). The maximum Gasteiger partial charge on any atom is 0.262 e. The minimum Gasteiger partial charge on any atom is -0.371 e. The van der Waals surface area contributed by atoms with Crippen molar-refractivity contribution in [2.24, 2.45) is 11.3 Å². The fourth-order valence-corrected chi connectivity index (χ4v) is 10.5. The summed E-state index contributed by atoms with van der Waals surface area (Å²) in [6.45, 7) is 15.2. The topological polar surface area (TPSA) is 118 Å². The molecule has 1 spiro atoms. The van der Waals surface area contributed by atoms with Gasteiger partial charge >= 0.3 is 0 Å². The largest absolute Gasteiger partial charge is 0.371 e. The Kier molecular flexibility index (Phi) is 9.76. The first kappa shape index (κ1) is 38.2. The molecule has 3 aromatic carbocycles. The molecule has 12 nitrogen and oxygen atoms in total. The lowest BCUT2D eigenvalue weighted by molar-refractivity contribution is -0.136. The number of likely N-dealkylation sites (tertiary alicyclic amines) is 1. The number of fused-ring (bicyclic) bond motifs is 2. The summed E-state index contributed by atoms with van der Waals surface area (Å²) in [5.41, 5.74) is 5.10. The van der Waals surface area contributed by atoms with Gasteiger partial charge in [-0.05, 0) is 110 Å². The Morgan fingerprint density at radius 2 is 1.59 bits per heavy atom. The van der Waals surface area contributed by atoms with Crippen molar-refractivity contribution >= 4 is 58.2 Å². The van der Waals surface area contributed by atoms with Crippen molar-refractivity contribution in [2.45, 2.75) is 77.0 Å². The van der Waals surface area contributed by atoms with Gasteiger partial charge in [0, 0.05) is 81.2 Å². The Bertz CT molecular complexity index is 2250. The number of rotatable bonds is 6. The highest BCUT2D eigenvalue weighted by Crippen LogP contribution is 2.46. The van der Waals surface area contributed by atoms with E-state index in [0.29, 0.717) is 60.0 Å². The average Bonchev–Trinajstić information content (AvgIpc) is 3.83. The predicted molar refractivity (Wildman–Crippen MR) is 215 cm³/mol. The number of halogens is 2. The highest BCUT2D eigenvalue weighted by molar-refractivity contribution is 6.33. The van der Waals surface area contributed by atoms with Crippen molar-refractivity contribution < 1.29 is 28.4 Å². The summed E-state index contributed by atoms with van der Waals surface area (Å²) < 4.78 is 15.6. The highest BCUT2D eigenvalue weighted by Gasteiger charge is 2.46. The highest BCUT2D eigenvalue weighted by atomic mass is 35.5.